The van der Waals surface area contributed by atoms with Gasteiger partial charge in [0, 0.05) is 6.42 Å². The van der Waals surface area contributed by atoms with E-state index in [0.717, 1.165) is 0 Å². The van der Waals surface area contributed by atoms with Crippen molar-refractivity contribution in [3.63, 3.8) is 0 Å². The Morgan fingerprint density at radius 3 is 2.25 bits per heavy atom. The van der Waals surface area contributed by atoms with Gasteiger partial charge in [-0.2, -0.15) is 13.2 Å². The van der Waals surface area contributed by atoms with E-state index in [9.17, 15) is 23.1 Å². The van der Waals surface area contributed by atoms with E-state index in [2.05, 4.69) is 0 Å². The molecule has 1 unspecified atom stereocenters. The van der Waals surface area contributed by atoms with Gasteiger partial charge in [-0.3, -0.25) is 4.79 Å². The molecular weight excluding hydrogens is 268 g/mol. The van der Waals surface area contributed by atoms with E-state index in [0.29, 0.717) is 6.42 Å². The van der Waals surface area contributed by atoms with Crippen LogP contribution in [0, 0.1) is 10.8 Å². The number of hydrogen-bond acceptors (Lipinski definition) is 2. The summed E-state index contributed by atoms with van der Waals surface area (Å²) >= 11 is 0. The molecule has 1 aliphatic rings. The predicted molar refractivity (Wildman–Crippen MR) is 71.3 cm³/mol. The summed E-state index contributed by atoms with van der Waals surface area (Å²) in [5, 5.41) is 9.44. The molecule has 0 saturated heterocycles. The maximum absolute atomic E-state index is 12.7. The van der Waals surface area contributed by atoms with Crippen molar-refractivity contribution >= 4 is 13.6 Å². The SMILES string of the molecule is [B]C(O)(CC1=CC(=O)CC(C)(C)CC1(C)C)C(F)(F)F. The molecule has 2 nitrogen and oxygen atoms in total. The van der Waals surface area contributed by atoms with E-state index in [1.54, 1.807) is 13.8 Å². The van der Waals surface area contributed by atoms with Crippen molar-refractivity contribution in [2.75, 3.05) is 0 Å². The lowest BCUT2D eigenvalue weighted by atomic mass is 9.66. The molecule has 0 aliphatic heterocycles. The number of halogens is 3. The second kappa shape index (κ2) is 4.90. The lowest BCUT2D eigenvalue weighted by Crippen LogP contribution is -2.47. The van der Waals surface area contributed by atoms with Crippen molar-refractivity contribution in [3.05, 3.63) is 11.6 Å². The Morgan fingerprint density at radius 1 is 1.30 bits per heavy atom. The van der Waals surface area contributed by atoms with Crippen LogP contribution in [-0.2, 0) is 4.79 Å². The molecule has 0 bridgehead atoms. The quantitative estimate of drug-likeness (QED) is 0.793. The number of aliphatic hydroxyl groups is 1. The standard InChI is InChI=1S/C14H20BF3O2/c1-11(2)7-10(19)5-9(12(3,4)8-11)6-13(15,20)14(16,17)18/h5,20H,6-8H2,1-4H3. The molecule has 20 heavy (non-hydrogen) atoms. The minimum absolute atomic E-state index is 0.228. The highest BCUT2D eigenvalue weighted by Gasteiger charge is 2.51. The highest BCUT2D eigenvalue weighted by Crippen LogP contribution is 2.47. The van der Waals surface area contributed by atoms with Crippen LogP contribution < -0.4 is 0 Å². The minimum atomic E-state index is -4.94. The van der Waals surface area contributed by atoms with Crippen LogP contribution >= 0.6 is 0 Å². The predicted octanol–water partition coefficient (Wildman–Crippen LogP) is 3.14. The van der Waals surface area contributed by atoms with Gasteiger partial charge >= 0.3 is 6.18 Å². The summed E-state index contributed by atoms with van der Waals surface area (Å²) in [4.78, 5) is 11.9. The second-order valence-corrected chi connectivity index (χ2v) is 7.14. The molecule has 0 spiro atoms. The second-order valence-electron chi connectivity index (χ2n) is 7.14. The first-order chi connectivity index (χ1) is 8.66. The molecule has 0 amide bonds. The lowest BCUT2D eigenvalue weighted by Gasteiger charge is -2.37. The molecule has 0 fully saturated rings. The number of alkyl halides is 3. The smallest absolute Gasteiger partial charge is 0.390 e. The van der Waals surface area contributed by atoms with Crippen LogP contribution in [-0.4, -0.2) is 30.4 Å². The van der Waals surface area contributed by atoms with Gasteiger partial charge in [0.05, 0.1) is 0 Å². The van der Waals surface area contributed by atoms with Crippen molar-refractivity contribution < 1.29 is 23.1 Å². The van der Waals surface area contributed by atoms with Gasteiger partial charge in [0.15, 0.2) is 5.78 Å². The largest absolute Gasteiger partial charge is 0.408 e. The molecule has 112 valence electrons. The van der Waals surface area contributed by atoms with Gasteiger partial charge < -0.3 is 5.11 Å². The van der Waals surface area contributed by atoms with Crippen molar-refractivity contribution in [1.82, 2.24) is 0 Å². The number of hydrogen-bond donors (Lipinski definition) is 1. The highest BCUT2D eigenvalue weighted by molar-refractivity contribution is 6.15. The number of carbonyl (C=O) groups is 1. The zero-order chi connectivity index (χ0) is 16.0. The first-order valence-electron chi connectivity index (χ1n) is 6.48. The summed E-state index contributed by atoms with van der Waals surface area (Å²) in [7, 11) is 4.99. The third-order valence-electron chi connectivity index (χ3n) is 3.73. The van der Waals surface area contributed by atoms with E-state index in [1.165, 1.54) is 6.08 Å². The fraction of sp³-hybridized carbons (Fsp3) is 0.786. The van der Waals surface area contributed by atoms with Gasteiger partial charge in [0.25, 0.3) is 0 Å². The molecule has 0 aromatic carbocycles. The summed E-state index contributed by atoms with van der Waals surface area (Å²) in [6.07, 6.45) is -3.68. The number of allylic oxidation sites excluding steroid dienone is 1. The van der Waals surface area contributed by atoms with Crippen molar-refractivity contribution in [2.24, 2.45) is 10.8 Å². The summed E-state index contributed by atoms with van der Waals surface area (Å²) in [5.74, 6) is -0.228. The maximum Gasteiger partial charge on any atom is 0.408 e. The van der Waals surface area contributed by atoms with Crippen LogP contribution in [0.25, 0.3) is 0 Å². The molecule has 0 heterocycles. The van der Waals surface area contributed by atoms with E-state index >= 15 is 0 Å². The van der Waals surface area contributed by atoms with Gasteiger partial charge in [-0.05, 0) is 29.7 Å². The fourth-order valence-electron chi connectivity index (χ4n) is 2.97. The minimum Gasteiger partial charge on any atom is -0.390 e. The summed E-state index contributed by atoms with van der Waals surface area (Å²) < 4.78 is 38.1. The number of rotatable bonds is 2. The lowest BCUT2D eigenvalue weighted by molar-refractivity contribution is -0.224. The Bertz CT molecular complexity index is 434. The molecule has 1 N–H and O–H groups in total. The van der Waals surface area contributed by atoms with Crippen LogP contribution in [0.15, 0.2) is 11.6 Å². The average Bonchev–Trinajstić information content (AvgIpc) is 2.16. The molecule has 0 aromatic heterocycles. The van der Waals surface area contributed by atoms with Gasteiger partial charge in [-0.25, -0.2) is 0 Å². The molecule has 0 saturated carbocycles. The summed E-state index contributed by atoms with van der Waals surface area (Å²) in [6.45, 7) is 7.35. The fourth-order valence-corrected chi connectivity index (χ4v) is 2.97. The summed E-state index contributed by atoms with van der Waals surface area (Å²) in [6, 6.07) is 0. The molecule has 2 radical (unpaired) electrons. The molecule has 1 aliphatic carbocycles. The van der Waals surface area contributed by atoms with Crippen molar-refractivity contribution in [1.29, 1.82) is 0 Å². The van der Waals surface area contributed by atoms with E-state index in [-0.39, 0.29) is 23.2 Å². The topological polar surface area (TPSA) is 37.3 Å². The first kappa shape index (κ1) is 17.3. The molecule has 0 aromatic rings. The highest BCUT2D eigenvalue weighted by atomic mass is 19.4. The number of ketones is 1. The van der Waals surface area contributed by atoms with E-state index < -0.39 is 23.5 Å². The molecule has 1 rings (SSSR count). The monoisotopic (exact) mass is 288 g/mol. The van der Waals surface area contributed by atoms with E-state index in [1.807, 2.05) is 13.8 Å². The Hall–Kier alpha value is -0.775. The van der Waals surface area contributed by atoms with Crippen LogP contribution in [0.2, 0.25) is 0 Å². The van der Waals surface area contributed by atoms with Crippen LogP contribution in [0.1, 0.15) is 47.0 Å². The average molecular weight is 288 g/mol. The molecule has 1 atom stereocenters. The maximum atomic E-state index is 12.7. The van der Waals surface area contributed by atoms with E-state index in [4.69, 9.17) is 7.85 Å². The van der Waals surface area contributed by atoms with Crippen LogP contribution in [0.5, 0.6) is 0 Å². The van der Waals surface area contributed by atoms with Crippen LogP contribution in [0.4, 0.5) is 13.2 Å². The first-order valence-corrected chi connectivity index (χ1v) is 6.48. The van der Waals surface area contributed by atoms with Crippen LogP contribution in [0.3, 0.4) is 0 Å². The van der Waals surface area contributed by atoms with Gasteiger partial charge in [0.2, 0.25) is 0 Å². The third kappa shape index (κ3) is 3.87. The Labute approximate surface area is 118 Å². The third-order valence-corrected chi connectivity index (χ3v) is 3.73. The van der Waals surface area contributed by atoms with Gasteiger partial charge in [-0.15, -0.1) is 0 Å². The summed E-state index contributed by atoms with van der Waals surface area (Å²) in [5.41, 5.74) is -4.00. The Balaban J connectivity index is 3.13. The van der Waals surface area contributed by atoms with Crippen molar-refractivity contribution in [2.45, 2.75) is 58.6 Å². The Kier molecular flexibility index (Phi) is 4.23. The van der Waals surface area contributed by atoms with Gasteiger partial charge in [0.1, 0.15) is 13.3 Å². The van der Waals surface area contributed by atoms with Crippen molar-refractivity contribution in [3.8, 4) is 0 Å². The number of carbonyl (C=O) groups excluding carboxylic acids is 1. The zero-order valence-corrected chi connectivity index (χ0v) is 12.3. The Morgan fingerprint density at radius 2 is 1.80 bits per heavy atom. The molecule has 6 heteroatoms. The normalized spacial score (nSPS) is 25.6. The van der Waals surface area contributed by atoms with Gasteiger partial charge in [-0.1, -0.05) is 33.3 Å². The zero-order valence-electron chi connectivity index (χ0n) is 12.3. The molecular formula is C14H20BF3O2.